The van der Waals surface area contributed by atoms with Crippen LogP contribution in [0.4, 0.5) is 13.2 Å². The van der Waals surface area contributed by atoms with Gasteiger partial charge in [0.15, 0.2) is 0 Å². The molecule has 16 heavy (non-hydrogen) atoms. The summed E-state index contributed by atoms with van der Waals surface area (Å²) in [5, 5.41) is 8.85. The quantitative estimate of drug-likeness (QED) is 0.802. The van der Waals surface area contributed by atoms with E-state index in [0.29, 0.717) is 0 Å². The van der Waals surface area contributed by atoms with Crippen LogP contribution in [0.15, 0.2) is 0 Å². The summed E-state index contributed by atoms with van der Waals surface area (Å²) < 4.78 is 36.9. The van der Waals surface area contributed by atoms with Gasteiger partial charge >= 0.3 is 12.1 Å². The number of hydrogen-bond donors (Lipinski definition) is 1. The van der Waals surface area contributed by atoms with Crippen LogP contribution in [0, 0.1) is 5.92 Å². The standard InChI is InChI=1S/C10H16F3NO2/c1-6-3-8(9(15)16)4-7(2)14(6)5-10(11,12)13/h6-8H,3-5H2,1-2H3,(H,15,16). The summed E-state index contributed by atoms with van der Waals surface area (Å²) in [7, 11) is 0. The fraction of sp³-hybridized carbons (Fsp3) is 0.900. The van der Waals surface area contributed by atoms with Gasteiger partial charge in [0.2, 0.25) is 0 Å². The zero-order chi connectivity index (χ0) is 12.5. The molecule has 0 amide bonds. The predicted octanol–water partition coefficient (Wildman–Crippen LogP) is 2.12. The fourth-order valence-electron chi connectivity index (χ4n) is 2.35. The van der Waals surface area contributed by atoms with E-state index in [0.717, 1.165) is 0 Å². The van der Waals surface area contributed by atoms with Crippen LogP contribution in [0.5, 0.6) is 0 Å². The topological polar surface area (TPSA) is 40.5 Å². The van der Waals surface area contributed by atoms with Gasteiger partial charge in [-0.15, -0.1) is 0 Å². The van der Waals surface area contributed by atoms with Crippen molar-refractivity contribution in [3.63, 3.8) is 0 Å². The van der Waals surface area contributed by atoms with Crippen LogP contribution in [-0.2, 0) is 4.79 Å². The molecule has 2 atom stereocenters. The van der Waals surface area contributed by atoms with E-state index >= 15 is 0 Å². The molecule has 6 heteroatoms. The van der Waals surface area contributed by atoms with Crippen molar-refractivity contribution < 1.29 is 23.1 Å². The summed E-state index contributed by atoms with van der Waals surface area (Å²) in [5.74, 6) is -1.43. The minimum absolute atomic E-state index is 0.287. The first-order chi connectivity index (χ1) is 7.20. The molecule has 1 rings (SSSR count). The van der Waals surface area contributed by atoms with Crippen molar-refractivity contribution in [1.29, 1.82) is 0 Å². The number of hydrogen-bond acceptors (Lipinski definition) is 2. The number of carbonyl (C=O) groups is 1. The van der Waals surface area contributed by atoms with Gasteiger partial charge in [-0.05, 0) is 26.7 Å². The summed E-state index contributed by atoms with van der Waals surface area (Å²) in [6.45, 7) is 2.34. The Morgan fingerprint density at radius 2 is 1.75 bits per heavy atom. The Kier molecular flexibility index (Phi) is 3.83. The van der Waals surface area contributed by atoms with Gasteiger partial charge in [-0.3, -0.25) is 9.69 Å². The Labute approximate surface area is 92.2 Å². The molecule has 1 aliphatic rings. The predicted molar refractivity (Wildman–Crippen MR) is 52.0 cm³/mol. The Hall–Kier alpha value is -0.780. The number of likely N-dealkylation sites (tertiary alicyclic amines) is 1. The first-order valence-electron chi connectivity index (χ1n) is 5.26. The van der Waals surface area contributed by atoms with Crippen molar-refractivity contribution in [2.24, 2.45) is 5.92 Å². The molecule has 0 aromatic heterocycles. The first-order valence-corrected chi connectivity index (χ1v) is 5.26. The van der Waals surface area contributed by atoms with Crippen LogP contribution < -0.4 is 0 Å². The monoisotopic (exact) mass is 239 g/mol. The van der Waals surface area contributed by atoms with E-state index in [2.05, 4.69) is 0 Å². The van der Waals surface area contributed by atoms with Crippen LogP contribution in [0.3, 0.4) is 0 Å². The van der Waals surface area contributed by atoms with E-state index in [-0.39, 0.29) is 24.9 Å². The lowest BCUT2D eigenvalue weighted by atomic mass is 9.87. The molecule has 0 spiro atoms. The van der Waals surface area contributed by atoms with Gasteiger partial charge in [0.1, 0.15) is 0 Å². The van der Waals surface area contributed by atoms with Gasteiger partial charge in [-0.2, -0.15) is 13.2 Å². The normalized spacial score (nSPS) is 32.7. The molecule has 94 valence electrons. The molecule has 2 unspecified atom stereocenters. The molecule has 0 aliphatic carbocycles. The summed E-state index contributed by atoms with van der Waals surface area (Å²) in [6.07, 6.45) is -3.65. The maximum atomic E-state index is 12.3. The maximum absolute atomic E-state index is 12.3. The van der Waals surface area contributed by atoms with Crippen LogP contribution in [0.25, 0.3) is 0 Å². The lowest BCUT2D eigenvalue weighted by molar-refractivity contribution is -0.164. The summed E-state index contributed by atoms with van der Waals surface area (Å²) in [5.41, 5.74) is 0. The molecule has 3 nitrogen and oxygen atoms in total. The fourth-order valence-corrected chi connectivity index (χ4v) is 2.35. The SMILES string of the molecule is CC1CC(C(=O)O)CC(C)N1CC(F)(F)F. The van der Waals surface area contributed by atoms with Crippen molar-refractivity contribution in [3.05, 3.63) is 0 Å². The number of halogens is 3. The number of carboxylic acid groups (broad SMARTS) is 1. The zero-order valence-electron chi connectivity index (χ0n) is 9.29. The van der Waals surface area contributed by atoms with Crippen LogP contribution >= 0.6 is 0 Å². The Morgan fingerprint density at radius 1 is 1.31 bits per heavy atom. The smallest absolute Gasteiger partial charge is 0.401 e. The third-order valence-corrected chi connectivity index (χ3v) is 3.09. The Balaban J connectivity index is 2.66. The lowest BCUT2D eigenvalue weighted by Gasteiger charge is -2.41. The number of aliphatic carboxylic acids is 1. The molecule has 1 N–H and O–H groups in total. The van der Waals surface area contributed by atoms with E-state index in [9.17, 15) is 18.0 Å². The second-order valence-electron chi connectivity index (χ2n) is 4.49. The van der Waals surface area contributed by atoms with Gasteiger partial charge in [0.05, 0.1) is 12.5 Å². The van der Waals surface area contributed by atoms with Gasteiger partial charge < -0.3 is 5.11 Å². The highest BCUT2D eigenvalue weighted by Crippen LogP contribution is 2.30. The second-order valence-corrected chi connectivity index (χ2v) is 4.49. The molecule has 1 heterocycles. The molecular formula is C10H16F3NO2. The largest absolute Gasteiger partial charge is 0.481 e. The third kappa shape index (κ3) is 3.37. The highest BCUT2D eigenvalue weighted by Gasteiger charge is 2.40. The highest BCUT2D eigenvalue weighted by molar-refractivity contribution is 5.70. The van der Waals surface area contributed by atoms with Gasteiger partial charge in [-0.25, -0.2) is 0 Å². The van der Waals surface area contributed by atoms with Crippen molar-refractivity contribution in [3.8, 4) is 0 Å². The first kappa shape index (κ1) is 13.3. The minimum Gasteiger partial charge on any atom is -0.481 e. The van der Waals surface area contributed by atoms with Crippen LogP contribution in [0.1, 0.15) is 26.7 Å². The number of rotatable bonds is 2. The van der Waals surface area contributed by atoms with Gasteiger partial charge in [0.25, 0.3) is 0 Å². The molecular weight excluding hydrogens is 223 g/mol. The average Bonchev–Trinajstić information content (AvgIpc) is 2.09. The molecule has 0 bridgehead atoms. The summed E-state index contributed by atoms with van der Waals surface area (Å²) in [6, 6.07) is -0.682. The molecule has 1 saturated heterocycles. The molecule has 0 saturated carbocycles. The van der Waals surface area contributed by atoms with Crippen molar-refractivity contribution in [1.82, 2.24) is 4.90 Å². The van der Waals surface area contributed by atoms with Crippen molar-refractivity contribution in [2.75, 3.05) is 6.54 Å². The highest BCUT2D eigenvalue weighted by atomic mass is 19.4. The van der Waals surface area contributed by atoms with E-state index < -0.39 is 24.6 Å². The van der Waals surface area contributed by atoms with E-state index in [1.807, 2.05) is 0 Å². The Morgan fingerprint density at radius 3 is 2.06 bits per heavy atom. The van der Waals surface area contributed by atoms with Crippen LogP contribution in [-0.4, -0.2) is 40.8 Å². The molecule has 0 radical (unpaired) electrons. The Bertz CT molecular complexity index is 255. The molecule has 0 aromatic carbocycles. The summed E-state index contributed by atoms with van der Waals surface area (Å²) in [4.78, 5) is 12.1. The van der Waals surface area contributed by atoms with Crippen molar-refractivity contribution in [2.45, 2.75) is 44.9 Å². The third-order valence-electron chi connectivity index (χ3n) is 3.09. The lowest BCUT2D eigenvalue weighted by Crippen LogP contribution is -2.51. The minimum atomic E-state index is -4.22. The molecule has 1 aliphatic heterocycles. The molecule has 1 fully saturated rings. The summed E-state index contributed by atoms with van der Waals surface area (Å²) >= 11 is 0. The van der Waals surface area contributed by atoms with E-state index in [1.54, 1.807) is 13.8 Å². The second kappa shape index (κ2) is 4.61. The number of carboxylic acids is 1. The molecule has 0 aromatic rings. The van der Waals surface area contributed by atoms with Gasteiger partial charge in [0, 0.05) is 12.1 Å². The zero-order valence-corrected chi connectivity index (χ0v) is 9.29. The van der Waals surface area contributed by atoms with Crippen LogP contribution in [0.2, 0.25) is 0 Å². The maximum Gasteiger partial charge on any atom is 0.401 e. The van der Waals surface area contributed by atoms with Crippen molar-refractivity contribution >= 4 is 5.97 Å². The number of alkyl halides is 3. The van der Waals surface area contributed by atoms with Gasteiger partial charge in [-0.1, -0.05) is 0 Å². The van der Waals surface area contributed by atoms with E-state index in [4.69, 9.17) is 5.11 Å². The number of piperidine rings is 1. The average molecular weight is 239 g/mol. The van der Waals surface area contributed by atoms with E-state index in [1.165, 1.54) is 4.90 Å². The number of nitrogens with zero attached hydrogens (tertiary/aromatic N) is 1.